The summed E-state index contributed by atoms with van der Waals surface area (Å²) >= 11 is 0. The van der Waals surface area contributed by atoms with Gasteiger partial charge in [0.1, 0.15) is 6.61 Å². The Hall–Kier alpha value is -4.22. The summed E-state index contributed by atoms with van der Waals surface area (Å²) in [4.78, 5) is 44.4. The van der Waals surface area contributed by atoms with Crippen molar-refractivity contribution in [3.8, 4) is 11.1 Å². The minimum Gasteiger partial charge on any atom is -0.479 e. The van der Waals surface area contributed by atoms with E-state index in [1.165, 1.54) is 7.11 Å². The van der Waals surface area contributed by atoms with Crippen molar-refractivity contribution in [3.63, 3.8) is 0 Å². The molecule has 11 nitrogen and oxygen atoms in total. The Bertz CT molecular complexity index is 1180. The van der Waals surface area contributed by atoms with Gasteiger partial charge in [-0.2, -0.15) is 0 Å². The van der Waals surface area contributed by atoms with Gasteiger partial charge in [-0.05, 0) is 22.3 Å². The van der Waals surface area contributed by atoms with Crippen molar-refractivity contribution in [2.45, 2.75) is 18.6 Å². The van der Waals surface area contributed by atoms with E-state index in [2.05, 4.69) is 10.3 Å². The fourth-order valence-electron chi connectivity index (χ4n) is 3.86. The number of hydroxylamine groups is 1. The Labute approximate surface area is 200 Å². The number of carboxylic acid groups (broad SMARTS) is 1. The number of nitrogens with zero attached hydrogens (tertiary/aromatic N) is 1. The second kappa shape index (κ2) is 10.8. The number of rotatable bonds is 10. The predicted molar refractivity (Wildman–Crippen MR) is 120 cm³/mol. The normalized spacial score (nSPS) is 12.9. The number of methoxy groups -OCH3 is 1. The number of carboxylic acids is 1. The van der Waals surface area contributed by atoms with Crippen molar-refractivity contribution in [3.05, 3.63) is 77.5 Å². The number of fused-ring (bicyclic) bond motifs is 3. The molecule has 3 N–H and O–H groups in total. The maximum absolute atomic E-state index is 12.4. The molecule has 182 valence electrons. The molecule has 1 unspecified atom stereocenters. The molecule has 0 spiro atoms. The molecule has 2 aromatic carbocycles. The molecule has 0 saturated heterocycles. The lowest BCUT2D eigenvalue weighted by Gasteiger charge is -2.14. The van der Waals surface area contributed by atoms with Crippen LogP contribution in [0.4, 0.5) is 4.79 Å². The van der Waals surface area contributed by atoms with Crippen LogP contribution in [0.1, 0.15) is 33.3 Å². The van der Waals surface area contributed by atoms with E-state index in [1.54, 1.807) is 0 Å². The third-order valence-corrected chi connectivity index (χ3v) is 5.48. The zero-order valence-corrected chi connectivity index (χ0v) is 18.7. The van der Waals surface area contributed by atoms with Crippen LogP contribution < -0.4 is 10.8 Å². The van der Waals surface area contributed by atoms with Crippen LogP contribution >= 0.6 is 0 Å². The highest BCUT2D eigenvalue weighted by molar-refractivity contribution is 5.92. The van der Waals surface area contributed by atoms with E-state index in [4.69, 9.17) is 23.8 Å². The molecular formula is C24H23N3O8. The Morgan fingerprint density at radius 1 is 1.09 bits per heavy atom. The van der Waals surface area contributed by atoms with E-state index in [9.17, 15) is 14.4 Å². The number of carbonyl (C=O) groups excluding carboxylic acids is 2. The van der Waals surface area contributed by atoms with Gasteiger partial charge in [-0.25, -0.2) is 20.1 Å². The third kappa shape index (κ3) is 5.31. The number of alkyl carbamates (subject to hydrolysis) is 1. The smallest absolute Gasteiger partial charge is 0.407 e. The number of amides is 2. The van der Waals surface area contributed by atoms with E-state index in [0.29, 0.717) is 0 Å². The van der Waals surface area contributed by atoms with Gasteiger partial charge in [0.25, 0.3) is 5.91 Å². The molecular weight excluding hydrogens is 458 g/mol. The Kier molecular flexibility index (Phi) is 7.38. The van der Waals surface area contributed by atoms with Crippen LogP contribution in [0.25, 0.3) is 11.1 Å². The lowest BCUT2D eigenvalue weighted by molar-refractivity contribution is -0.158. The van der Waals surface area contributed by atoms with Gasteiger partial charge in [-0.3, -0.25) is 9.63 Å². The molecule has 35 heavy (non-hydrogen) atoms. The molecule has 1 heterocycles. The van der Waals surface area contributed by atoms with E-state index in [-0.39, 0.29) is 37.1 Å². The van der Waals surface area contributed by atoms with Crippen LogP contribution in [-0.4, -0.2) is 54.5 Å². The minimum atomic E-state index is -1.40. The molecule has 0 bridgehead atoms. The number of carbonyl (C=O) groups is 3. The van der Waals surface area contributed by atoms with E-state index < -0.39 is 24.1 Å². The maximum Gasteiger partial charge on any atom is 0.407 e. The second-order valence-corrected chi connectivity index (χ2v) is 7.63. The summed E-state index contributed by atoms with van der Waals surface area (Å²) in [6, 6.07) is 16.0. The molecule has 3 aromatic rings. The number of ether oxygens (including phenoxy) is 2. The van der Waals surface area contributed by atoms with Gasteiger partial charge < -0.3 is 24.3 Å². The summed E-state index contributed by atoms with van der Waals surface area (Å²) < 4.78 is 15.3. The van der Waals surface area contributed by atoms with E-state index in [0.717, 1.165) is 28.6 Å². The van der Waals surface area contributed by atoms with Crippen molar-refractivity contribution >= 4 is 18.0 Å². The van der Waals surface area contributed by atoms with Crippen LogP contribution in [0.2, 0.25) is 0 Å². The van der Waals surface area contributed by atoms with Crippen LogP contribution in [0.3, 0.4) is 0 Å². The predicted octanol–water partition coefficient (Wildman–Crippen LogP) is 2.47. The van der Waals surface area contributed by atoms with Crippen molar-refractivity contribution in [1.82, 2.24) is 15.8 Å². The summed E-state index contributed by atoms with van der Waals surface area (Å²) in [6.07, 6.45) is -1.08. The maximum atomic E-state index is 12.4. The summed E-state index contributed by atoms with van der Waals surface area (Å²) in [5.41, 5.74) is 6.23. The van der Waals surface area contributed by atoms with Gasteiger partial charge >= 0.3 is 12.1 Å². The van der Waals surface area contributed by atoms with Gasteiger partial charge in [-0.1, -0.05) is 48.5 Å². The molecule has 4 rings (SSSR count). The molecule has 0 radical (unpaired) electrons. The first-order valence-electron chi connectivity index (χ1n) is 10.7. The quantitative estimate of drug-likeness (QED) is 0.371. The number of benzene rings is 2. The van der Waals surface area contributed by atoms with Gasteiger partial charge in [0.05, 0.1) is 13.2 Å². The van der Waals surface area contributed by atoms with Crippen LogP contribution in [0.5, 0.6) is 0 Å². The SMILES string of the molecule is COCC(ONC(=O)c1ncoc1CNC(=O)OCC1c2ccccc2-c2ccccc21)C(=O)O. The molecule has 0 saturated carbocycles. The van der Waals surface area contributed by atoms with Gasteiger partial charge in [0.15, 0.2) is 17.8 Å². The standard InChI is InChI=1S/C24H23N3O8/c1-32-12-20(23(29)30)35-27-22(28)21-19(34-13-26-21)10-25-24(31)33-11-18-16-8-4-2-6-14(16)15-7-3-5-9-17(15)18/h2-9,13,18,20H,10-12H2,1H3,(H,25,31)(H,27,28)(H,29,30). The highest BCUT2D eigenvalue weighted by Crippen LogP contribution is 2.44. The van der Waals surface area contributed by atoms with Gasteiger partial charge in [0, 0.05) is 13.0 Å². The zero-order valence-electron chi connectivity index (χ0n) is 18.7. The Balaban J connectivity index is 1.32. The van der Waals surface area contributed by atoms with Gasteiger partial charge in [-0.15, -0.1) is 0 Å². The van der Waals surface area contributed by atoms with Crippen molar-refractivity contribution < 1.29 is 38.2 Å². The fourth-order valence-corrected chi connectivity index (χ4v) is 3.86. The molecule has 1 atom stereocenters. The topological polar surface area (TPSA) is 149 Å². The highest BCUT2D eigenvalue weighted by Gasteiger charge is 2.29. The first-order valence-corrected chi connectivity index (χ1v) is 10.7. The number of aliphatic carboxylic acids is 1. The van der Waals surface area contributed by atoms with Crippen molar-refractivity contribution in [2.24, 2.45) is 0 Å². The first kappa shape index (κ1) is 23.9. The van der Waals surface area contributed by atoms with Crippen molar-refractivity contribution in [1.29, 1.82) is 0 Å². The second-order valence-electron chi connectivity index (χ2n) is 7.63. The molecule has 1 aliphatic rings. The Morgan fingerprint density at radius 2 is 1.74 bits per heavy atom. The number of hydrogen-bond donors (Lipinski definition) is 3. The summed E-state index contributed by atoms with van der Waals surface area (Å²) in [5, 5.41) is 11.6. The number of hydrogen-bond acceptors (Lipinski definition) is 8. The molecule has 0 aliphatic heterocycles. The average Bonchev–Trinajstić information content (AvgIpc) is 3.46. The third-order valence-electron chi connectivity index (χ3n) is 5.48. The molecule has 0 fully saturated rings. The fraction of sp³-hybridized carbons (Fsp3) is 0.250. The molecule has 1 aromatic heterocycles. The van der Waals surface area contributed by atoms with Crippen LogP contribution in [0.15, 0.2) is 59.3 Å². The molecule has 2 amide bonds. The molecule has 1 aliphatic carbocycles. The number of aromatic nitrogens is 1. The van der Waals surface area contributed by atoms with Gasteiger partial charge in [0.2, 0.25) is 6.10 Å². The van der Waals surface area contributed by atoms with Crippen molar-refractivity contribution in [2.75, 3.05) is 20.3 Å². The first-order chi connectivity index (χ1) is 17.0. The minimum absolute atomic E-state index is 0.0400. The summed E-state index contributed by atoms with van der Waals surface area (Å²) in [6.45, 7) is -0.321. The number of nitrogens with one attached hydrogen (secondary N) is 2. The lowest BCUT2D eigenvalue weighted by Crippen LogP contribution is -2.37. The monoisotopic (exact) mass is 481 g/mol. The summed E-state index contributed by atoms with van der Waals surface area (Å²) in [7, 11) is 1.30. The van der Waals surface area contributed by atoms with Crippen LogP contribution in [0, 0.1) is 0 Å². The molecule has 11 heteroatoms. The van der Waals surface area contributed by atoms with Crippen LogP contribution in [-0.2, 0) is 25.7 Å². The Morgan fingerprint density at radius 3 is 2.37 bits per heavy atom. The zero-order chi connectivity index (χ0) is 24.8. The highest BCUT2D eigenvalue weighted by atomic mass is 16.7. The lowest BCUT2D eigenvalue weighted by atomic mass is 9.98. The van der Waals surface area contributed by atoms with E-state index >= 15 is 0 Å². The average molecular weight is 481 g/mol. The largest absolute Gasteiger partial charge is 0.479 e. The number of oxazole rings is 1. The summed E-state index contributed by atoms with van der Waals surface area (Å²) in [5.74, 6) is -2.21. The van der Waals surface area contributed by atoms with E-state index in [1.807, 2.05) is 54.0 Å².